The van der Waals surface area contributed by atoms with Crippen molar-refractivity contribution in [3.8, 4) is 0 Å². The van der Waals surface area contributed by atoms with Crippen LogP contribution in [0.15, 0.2) is 47.2 Å². The second kappa shape index (κ2) is 11.5. The summed E-state index contributed by atoms with van der Waals surface area (Å²) in [6, 6.07) is 12.4. The van der Waals surface area contributed by atoms with Crippen LogP contribution in [-0.2, 0) is 35.5 Å². The highest BCUT2D eigenvalue weighted by molar-refractivity contribution is 7.14. The molecule has 2 amide bonds. The lowest BCUT2D eigenvalue weighted by molar-refractivity contribution is -0.120. The Morgan fingerprint density at radius 2 is 1.91 bits per heavy atom. The number of thiophene rings is 1. The van der Waals surface area contributed by atoms with E-state index in [0.717, 1.165) is 22.9 Å². The van der Waals surface area contributed by atoms with E-state index in [9.17, 15) is 9.59 Å². The lowest BCUT2D eigenvalue weighted by atomic mass is 9.99. The van der Waals surface area contributed by atoms with Gasteiger partial charge in [0.05, 0.1) is 18.5 Å². The van der Waals surface area contributed by atoms with E-state index in [1.807, 2.05) is 22.9 Å². The lowest BCUT2D eigenvalue weighted by Gasteiger charge is -2.30. The zero-order chi connectivity index (χ0) is 23.0. The molecule has 1 aliphatic heterocycles. The number of piperidine rings is 1. The van der Waals surface area contributed by atoms with Crippen LogP contribution in [0.3, 0.4) is 0 Å². The number of hydrogen-bond donors (Lipinski definition) is 2. The number of aromatic nitrogens is 1. The Hall–Kier alpha value is -2.55. The molecule has 33 heavy (non-hydrogen) atoms. The third kappa shape index (κ3) is 7.48. The molecule has 1 saturated heterocycles. The first-order valence-electron chi connectivity index (χ1n) is 11.4. The fourth-order valence-electron chi connectivity index (χ4n) is 4.06. The molecule has 3 aromatic rings. The van der Waals surface area contributed by atoms with Crippen molar-refractivity contribution in [2.24, 2.45) is 5.92 Å². The fraction of sp³-hybridized carbons (Fsp3) is 0.400. The van der Waals surface area contributed by atoms with Gasteiger partial charge in [0.15, 0.2) is 5.13 Å². The summed E-state index contributed by atoms with van der Waals surface area (Å²) >= 11 is 2.89. The lowest BCUT2D eigenvalue weighted by Crippen LogP contribution is -2.33. The van der Waals surface area contributed by atoms with E-state index in [1.165, 1.54) is 42.8 Å². The van der Waals surface area contributed by atoms with Crippen LogP contribution in [0, 0.1) is 5.92 Å². The van der Waals surface area contributed by atoms with Crippen LogP contribution in [0.2, 0.25) is 0 Å². The van der Waals surface area contributed by atoms with Crippen LogP contribution in [0.25, 0.3) is 0 Å². The maximum Gasteiger partial charge on any atom is 0.231 e. The summed E-state index contributed by atoms with van der Waals surface area (Å²) < 4.78 is 0. The number of nitrogens with zero attached hydrogens (tertiary/aromatic N) is 2. The van der Waals surface area contributed by atoms with E-state index in [2.05, 4.69) is 51.7 Å². The Bertz CT molecular complexity index is 1050. The maximum absolute atomic E-state index is 12.4. The number of amides is 2. The Labute approximate surface area is 203 Å². The SMILES string of the molecule is CC1CCCN(Cc2ccc(CNC(=O)Cc3csc(NC(=O)Cc4cccs4)n3)cc2)C1. The minimum Gasteiger partial charge on any atom is -0.352 e. The van der Waals surface area contributed by atoms with Gasteiger partial charge >= 0.3 is 0 Å². The predicted molar refractivity (Wildman–Crippen MR) is 134 cm³/mol. The highest BCUT2D eigenvalue weighted by Gasteiger charge is 2.16. The summed E-state index contributed by atoms with van der Waals surface area (Å²) in [6.45, 7) is 6.17. The van der Waals surface area contributed by atoms with Crippen LogP contribution in [0.1, 0.15) is 41.5 Å². The number of nitrogens with one attached hydrogen (secondary N) is 2. The number of thiazole rings is 1. The van der Waals surface area contributed by atoms with Crippen molar-refractivity contribution >= 4 is 39.6 Å². The smallest absolute Gasteiger partial charge is 0.231 e. The molecule has 174 valence electrons. The average molecular weight is 483 g/mol. The Balaban J connectivity index is 1.19. The summed E-state index contributed by atoms with van der Waals surface area (Å²) in [5.41, 5.74) is 3.06. The molecule has 0 spiro atoms. The fourth-order valence-corrected chi connectivity index (χ4v) is 5.49. The van der Waals surface area contributed by atoms with Crippen LogP contribution in [-0.4, -0.2) is 34.8 Å². The summed E-state index contributed by atoms with van der Waals surface area (Å²) in [5.74, 6) is 0.605. The summed E-state index contributed by atoms with van der Waals surface area (Å²) in [7, 11) is 0. The first-order valence-corrected chi connectivity index (χ1v) is 13.1. The van der Waals surface area contributed by atoms with E-state index in [-0.39, 0.29) is 18.2 Å². The van der Waals surface area contributed by atoms with Crippen LogP contribution >= 0.6 is 22.7 Å². The Morgan fingerprint density at radius 1 is 1.09 bits per heavy atom. The zero-order valence-corrected chi connectivity index (χ0v) is 20.5. The third-order valence-electron chi connectivity index (χ3n) is 5.71. The minimum atomic E-state index is -0.0963. The molecule has 0 aliphatic carbocycles. The van der Waals surface area contributed by atoms with Gasteiger partial charge in [-0.25, -0.2) is 4.98 Å². The van der Waals surface area contributed by atoms with Crippen molar-refractivity contribution in [3.05, 3.63) is 68.9 Å². The molecule has 3 heterocycles. The maximum atomic E-state index is 12.4. The van der Waals surface area contributed by atoms with Gasteiger partial charge in [0.25, 0.3) is 0 Å². The number of likely N-dealkylation sites (tertiary alicyclic amines) is 1. The van der Waals surface area contributed by atoms with Crippen molar-refractivity contribution in [3.63, 3.8) is 0 Å². The van der Waals surface area contributed by atoms with Gasteiger partial charge in [-0.1, -0.05) is 37.3 Å². The van der Waals surface area contributed by atoms with E-state index >= 15 is 0 Å². The van der Waals surface area contributed by atoms with Gasteiger partial charge in [-0.15, -0.1) is 22.7 Å². The largest absolute Gasteiger partial charge is 0.352 e. The summed E-state index contributed by atoms with van der Waals surface area (Å²) in [5, 5.41) is 10.1. The van der Waals surface area contributed by atoms with Crippen LogP contribution in [0.5, 0.6) is 0 Å². The minimum absolute atomic E-state index is 0.0804. The molecule has 0 saturated carbocycles. The van der Waals surface area contributed by atoms with Crippen LogP contribution < -0.4 is 10.6 Å². The molecular weight excluding hydrogens is 452 g/mol. The average Bonchev–Trinajstić information content (AvgIpc) is 3.45. The van der Waals surface area contributed by atoms with Crippen molar-refractivity contribution in [2.75, 3.05) is 18.4 Å². The number of carbonyl (C=O) groups is 2. The third-order valence-corrected chi connectivity index (χ3v) is 7.40. The van der Waals surface area contributed by atoms with Gasteiger partial charge in [0, 0.05) is 29.9 Å². The molecule has 1 aliphatic rings. The summed E-state index contributed by atoms with van der Waals surface area (Å²) in [4.78, 5) is 32.4. The van der Waals surface area contributed by atoms with Crippen molar-refractivity contribution in [1.82, 2.24) is 15.2 Å². The molecule has 1 fully saturated rings. The molecule has 4 rings (SSSR count). The van der Waals surface area contributed by atoms with E-state index < -0.39 is 0 Å². The highest BCUT2D eigenvalue weighted by atomic mass is 32.1. The quantitative estimate of drug-likeness (QED) is 0.472. The Kier molecular flexibility index (Phi) is 8.25. The topological polar surface area (TPSA) is 74.3 Å². The molecule has 0 radical (unpaired) electrons. The van der Waals surface area contributed by atoms with Gasteiger partial charge in [-0.3, -0.25) is 14.5 Å². The van der Waals surface area contributed by atoms with Crippen molar-refractivity contribution in [2.45, 2.75) is 45.7 Å². The van der Waals surface area contributed by atoms with E-state index in [4.69, 9.17) is 0 Å². The molecule has 1 atom stereocenters. The molecule has 1 unspecified atom stereocenters. The molecule has 2 aromatic heterocycles. The van der Waals surface area contributed by atoms with Gasteiger partial charge in [-0.2, -0.15) is 0 Å². The molecular formula is C25H30N4O2S2. The standard InChI is InChI=1S/C25H30N4O2S2/c1-18-4-2-10-29(15-18)16-20-8-6-19(7-9-20)14-26-23(30)12-21-17-33-25(27-21)28-24(31)13-22-5-3-11-32-22/h3,5-9,11,17-18H,2,4,10,12-16H2,1H3,(H,26,30)(H,27,28,31). The number of hydrogen-bond acceptors (Lipinski definition) is 6. The van der Waals surface area contributed by atoms with E-state index in [0.29, 0.717) is 23.8 Å². The number of anilines is 1. The second-order valence-corrected chi connectivity index (χ2v) is 10.6. The molecule has 1 aromatic carbocycles. The zero-order valence-electron chi connectivity index (χ0n) is 18.9. The number of benzene rings is 1. The summed E-state index contributed by atoms with van der Waals surface area (Å²) in [6.07, 6.45) is 3.15. The van der Waals surface area contributed by atoms with E-state index in [1.54, 1.807) is 11.3 Å². The molecule has 8 heteroatoms. The van der Waals surface area contributed by atoms with Gasteiger partial charge in [-0.05, 0) is 47.9 Å². The van der Waals surface area contributed by atoms with Gasteiger partial charge in [0.1, 0.15) is 0 Å². The highest BCUT2D eigenvalue weighted by Crippen LogP contribution is 2.19. The molecule has 6 nitrogen and oxygen atoms in total. The Morgan fingerprint density at radius 3 is 2.67 bits per heavy atom. The number of carbonyl (C=O) groups excluding carboxylic acids is 2. The van der Waals surface area contributed by atoms with Crippen LogP contribution in [0.4, 0.5) is 5.13 Å². The number of rotatable bonds is 9. The monoisotopic (exact) mass is 482 g/mol. The van der Waals surface area contributed by atoms with Gasteiger partial charge < -0.3 is 10.6 Å². The first-order chi connectivity index (χ1) is 16.0. The normalized spacial score (nSPS) is 16.5. The van der Waals surface area contributed by atoms with Crippen molar-refractivity contribution in [1.29, 1.82) is 0 Å². The van der Waals surface area contributed by atoms with Crippen molar-refractivity contribution < 1.29 is 9.59 Å². The molecule has 2 N–H and O–H groups in total. The van der Waals surface area contributed by atoms with Gasteiger partial charge in [0.2, 0.25) is 11.8 Å². The molecule has 0 bridgehead atoms. The second-order valence-electron chi connectivity index (χ2n) is 8.70. The first kappa shape index (κ1) is 23.6. The predicted octanol–water partition coefficient (Wildman–Crippen LogP) is 4.48.